The summed E-state index contributed by atoms with van der Waals surface area (Å²) in [5.41, 5.74) is 0.953. The zero-order valence-electron chi connectivity index (χ0n) is 8.14. The molecule has 0 aromatic heterocycles. The van der Waals surface area contributed by atoms with E-state index >= 15 is 0 Å². The summed E-state index contributed by atoms with van der Waals surface area (Å²) in [5.74, 6) is 0.262. The molecule has 1 aromatic rings. The van der Waals surface area contributed by atoms with Gasteiger partial charge in [-0.3, -0.25) is 0 Å². The predicted molar refractivity (Wildman–Crippen MR) is 52.0 cm³/mol. The summed E-state index contributed by atoms with van der Waals surface area (Å²) in [6.45, 7) is 2.77. The van der Waals surface area contributed by atoms with Gasteiger partial charge >= 0.3 is 0 Å². The third-order valence-corrected chi connectivity index (χ3v) is 2.31. The van der Waals surface area contributed by atoms with Crippen molar-refractivity contribution in [1.29, 1.82) is 0 Å². The fraction of sp³-hybridized carbons (Fsp3) is 0.455. The first-order chi connectivity index (χ1) is 6.75. The van der Waals surface area contributed by atoms with Crippen molar-refractivity contribution in [3.63, 3.8) is 0 Å². The van der Waals surface area contributed by atoms with E-state index in [1.165, 1.54) is 0 Å². The Bertz CT molecular complexity index is 294. The minimum Gasteiger partial charge on any atom is -0.508 e. The Hall–Kier alpha value is -1.06. The summed E-state index contributed by atoms with van der Waals surface area (Å²) in [4.78, 5) is 0. The second kappa shape index (κ2) is 3.98. The van der Waals surface area contributed by atoms with Crippen LogP contribution in [0.2, 0.25) is 0 Å². The smallest absolute Gasteiger partial charge is 0.184 e. The quantitative estimate of drug-likeness (QED) is 0.745. The molecule has 76 valence electrons. The first kappa shape index (κ1) is 9.49. The normalized spacial score (nSPS) is 27.5. The Kier molecular flexibility index (Phi) is 2.70. The van der Waals surface area contributed by atoms with Crippen molar-refractivity contribution in [3.05, 3.63) is 29.8 Å². The molecular formula is C11H14O3. The van der Waals surface area contributed by atoms with Gasteiger partial charge in [0.05, 0.1) is 12.7 Å². The lowest BCUT2D eigenvalue weighted by atomic mass is 10.2. The Morgan fingerprint density at radius 1 is 1.29 bits per heavy atom. The highest BCUT2D eigenvalue weighted by Crippen LogP contribution is 2.26. The lowest BCUT2D eigenvalue weighted by molar-refractivity contribution is -0.212. The molecule has 0 amide bonds. The van der Waals surface area contributed by atoms with Crippen LogP contribution in [0.3, 0.4) is 0 Å². The largest absolute Gasteiger partial charge is 0.508 e. The zero-order chi connectivity index (χ0) is 9.97. The maximum atomic E-state index is 9.13. The number of ether oxygens (including phenoxy) is 2. The number of phenolic OH excluding ortho intramolecular Hbond substituents is 1. The lowest BCUT2D eigenvalue weighted by Crippen LogP contribution is -2.24. The zero-order valence-corrected chi connectivity index (χ0v) is 8.14. The molecule has 0 saturated carbocycles. The van der Waals surface area contributed by atoms with Crippen molar-refractivity contribution in [2.45, 2.75) is 25.7 Å². The fourth-order valence-electron chi connectivity index (χ4n) is 1.47. The van der Waals surface area contributed by atoms with Crippen LogP contribution in [0.4, 0.5) is 0 Å². The van der Waals surface area contributed by atoms with E-state index in [9.17, 15) is 0 Å². The van der Waals surface area contributed by atoms with Crippen molar-refractivity contribution in [1.82, 2.24) is 0 Å². The summed E-state index contributed by atoms with van der Waals surface area (Å²) in [5, 5.41) is 9.13. The van der Waals surface area contributed by atoms with Gasteiger partial charge in [0, 0.05) is 5.56 Å². The third-order valence-electron chi connectivity index (χ3n) is 2.31. The lowest BCUT2D eigenvalue weighted by Gasteiger charge is -2.28. The van der Waals surface area contributed by atoms with Crippen molar-refractivity contribution >= 4 is 0 Å². The second-order valence-corrected chi connectivity index (χ2v) is 3.53. The topological polar surface area (TPSA) is 38.7 Å². The summed E-state index contributed by atoms with van der Waals surface area (Å²) in [7, 11) is 0. The molecule has 3 heteroatoms. The van der Waals surface area contributed by atoms with E-state index in [0.29, 0.717) is 0 Å². The van der Waals surface area contributed by atoms with E-state index in [2.05, 4.69) is 0 Å². The molecule has 2 unspecified atom stereocenters. The molecule has 1 heterocycles. The molecule has 0 bridgehead atoms. The summed E-state index contributed by atoms with van der Waals surface area (Å²) in [6, 6.07) is 6.92. The second-order valence-electron chi connectivity index (χ2n) is 3.53. The predicted octanol–water partition coefficient (Wildman–Crippen LogP) is 2.22. The highest BCUT2D eigenvalue weighted by atomic mass is 16.7. The van der Waals surface area contributed by atoms with E-state index in [1.54, 1.807) is 12.1 Å². The molecule has 1 aromatic carbocycles. The Morgan fingerprint density at radius 2 is 2.00 bits per heavy atom. The van der Waals surface area contributed by atoms with Crippen molar-refractivity contribution in [2.75, 3.05) is 6.61 Å². The van der Waals surface area contributed by atoms with Gasteiger partial charge in [0.1, 0.15) is 5.75 Å². The molecule has 1 N–H and O–H groups in total. The standard InChI is InChI=1S/C11H14O3/c1-8-6-7-13-11(14-8)9-2-4-10(12)5-3-9/h2-5,8,11-12H,6-7H2,1H3. The third kappa shape index (κ3) is 2.05. The Balaban J connectivity index is 2.10. The minimum absolute atomic E-state index is 0.238. The van der Waals surface area contributed by atoms with Gasteiger partial charge in [-0.2, -0.15) is 0 Å². The van der Waals surface area contributed by atoms with Gasteiger partial charge in [-0.1, -0.05) is 12.1 Å². The van der Waals surface area contributed by atoms with Crippen LogP contribution >= 0.6 is 0 Å². The van der Waals surface area contributed by atoms with Crippen LogP contribution in [0, 0.1) is 0 Å². The molecule has 2 atom stereocenters. The number of hydrogen-bond donors (Lipinski definition) is 1. The van der Waals surface area contributed by atoms with E-state index in [0.717, 1.165) is 18.6 Å². The highest BCUT2D eigenvalue weighted by Gasteiger charge is 2.20. The maximum Gasteiger partial charge on any atom is 0.184 e. The van der Waals surface area contributed by atoms with Gasteiger partial charge in [0.2, 0.25) is 0 Å². The van der Waals surface area contributed by atoms with Crippen molar-refractivity contribution < 1.29 is 14.6 Å². The SMILES string of the molecule is CC1CCOC(c2ccc(O)cc2)O1. The maximum absolute atomic E-state index is 9.13. The van der Waals surface area contributed by atoms with Crippen LogP contribution in [0.25, 0.3) is 0 Å². The van der Waals surface area contributed by atoms with Crippen molar-refractivity contribution in [3.8, 4) is 5.75 Å². The summed E-state index contributed by atoms with van der Waals surface area (Å²) >= 11 is 0. The molecule has 0 aliphatic carbocycles. The number of rotatable bonds is 1. The Labute approximate surface area is 83.3 Å². The van der Waals surface area contributed by atoms with Crippen LogP contribution in [-0.4, -0.2) is 17.8 Å². The van der Waals surface area contributed by atoms with Gasteiger partial charge in [0.25, 0.3) is 0 Å². The van der Waals surface area contributed by atoms with E-state index in [1.807, 2.05) is 19.1 Å². The highest BCUT2D eigenvalue weighted by molar-refractivity contribution is 5.26. The van der Waals surface area contributed by atoms with Crippen LogP contribution in [0.5, 0.6) is 5.75 Å². The molecule has 0 spiro atoms. The van der Waals surface area contributed by atoms with Crippen LogP contribution in [0.1, 0.15) is 25.2 Å². The summed E-state index contributed by atoms with van der Waals surface area (Å²) in [6.07, 6.45) is 0.899. The molecular weight excluding hydrogens is 180 g/mol. The van der Waals surface area contributed by atoms with Crippen LogP contribution in [0.15, 0.2) is 24.3 Å². The monoisotopic (exact) mass is 194 g/mol. The van der Waals surface area contributed by atoms with Crippen LogP contribution in [-0.2, 0) is 9.47 Å². The number of benzene rings is 1. The van der Waals surface area contributed by atoms with Gasteiger partial charge in [-0.05, 0) is 25.5 Å². The molecule has 2 rings (SSSR count). The molecule has 0 radical (unpaired) electrons. The average molecular weight is 194 g/mol. The molecule has 1 aliphatic rings. The van der Waals surface area contributed by atoms with Gasteiger partial charge in [-0.15, -0.1) is 0 Å². The van der Waals surface area contributed by atoms with Gasteiger partial charge in [-0.25, -0.2) is 0 Å². The van der Waals surface area contributed by atoms with E-state index in [4.69, 9.17) is 14.6 Å². The molecule has 1 aliphatic heterocycles. The number of aromatic hydroxyl groups is 1. The molecule has 14 heavy (non-hydrogen) atoms. The van der Waals surface area contributed by atoms with Crippen molar-refractivity contribution in [2.24, 2.45) is 0 Å². The van der Waals surface area contributed by atoms with Gasteiger partial charge in [0.15, 0.2) is 6.29 Å². The summed E-state index contributed by atoms with van der Waals surface area (Å²) < 4.78 is 11.1. The van der Waals surface area contributed by atoms with E-state index in [-0.39, 0.29) is 18.1 Å². The van der Waals surface area contributed by atoms with Gasteiger partial charge < -0.3 is 14.6 Å². The number of hydrogen-bond acceptors (Lipinski definition) is 3. The average Bonchev–Trinajstić information content (AvgIpc) is 2.19. The Morgan fingerprint density at radius 3 is 2.64 bits per heavy atom. The molecule has 1 saturated heterocycles. The number of phenols is 1. The first-order valence-corrected chi connectivity index (χ1v) is 4.82. The molecule has 1 fully saturated rings. The molecule has 3 nitrogen and oxygen atoms in total. The van der Waals surface area contributed by atoms with E-state index < -0.39 is 0 Å². The minimum atomic E-state index is -0.278. The van der Waals surface area contributed by atoms with Crippen LogP contribution < -0.4 is 0 Å². The fourth-order valence-corrected chi connectivity index (χ4v) is 1.47. The first-order valence-electron chi connectivity index (χ1n) is 4.82.